The van der Waals surface area contributed by atoms with Crippen LogP contribution >= 0.6 is 0 Å². The fourth-order valence-corrected chi connectivity index (χ4v) is 2.77. The van der Waals surface area contributed by atoms with Crippen molar-refractivity contribution < 1.29 is 14.7 Å². The number of nitrogens with one attached hydrogen (secondary N) is 1. The number of anilines is 1. The average molecular weight is 275 g/mol. The van der Waals surface area contributed by atoms with E-state index in [9.17, 15) is 9.59 Å². The van der Waals surface area contributed by atoms with E-state index in [2.05, 4.69) is 5.32 Å². The van der Waals surface area contributed by atoms with Gasteiger partial charge in [-0.25, -0.2) is 4.79 Å². The summed E-state index contributed by atoms with van der Waals surface area (Å²) in [6.45, 7) is 3.83. The van der Waals surface area contributed by atoms with Crippen molar-refractivity contribution in [2.75, 3.05) is 5.32 Å². The van der Waals surface area contributed by atoms with E-state index in [1.54, 1.807) is 12.1 Å². The predicted molar refractivity (Wildman–Crippen MR) is 78.0 cm³/mol. The van der Waals surface area contributed by atoms with Crippen LogP contribution in [0.2, 0.25) is 0 Å². The molecule has 1 aliphatic rings. The van der Waals surface area contributed by atoms with Crippen molar-refractivity contribution in [1.29, 1.82) is 0 Å². The number of carboxylic acid groups (broad SMARTS) is 1. The van der Waals surface area contributed by atoms with Crippen molar-refractivity contribution in [2.24, 2.45) is 5.41 Å². The molecule has 0 heterocycles. The Hall–Kier alpha value is -1.84. The number of aryl methyl sites for hydroxylation is 1. The van der Waals surface area contributed by atoms with E-state index in [0.29, 0.717) is 5.69 Å². The first-order valence-corrected chi connectivity index (χ1v) is 7.08. The zero-order chi connectivity index (χ0) is 14.8. The Balaban J connectivity index is 2.13. The highest BCUT2D eigenvalue weighted by molar-refractivity contribution is 5.96. The summed E-state index contributed by atoms with van der Waals surface area (Å²) in [4.78, 5) is 23.3. The van der Waals surface area contributed by atoms with Crippen molar-refractivity contribution in [1.82, 2.24) is 0 Å². The molecular weight excluding hydrogens is 254 g/mol. The van der Waals surface area contributed by atoms with Crippen LogP contribution < -0.4 is 5.32 Å². The Morgan fingerprint density at radius 2 is 1.85 bits per heavy atom. The molecule has 1 aromatic carbocycles. The summed E-state index contributed by atoms with van der Waals surface area (Å²) in [6, 6.07) is 4.78. The lowest BCUT2D eigenvalue weighted by atomic mass is 9.75. The highest BCUT2D eigenvalue weighted by Crippen LogP contribution is 2.37. The predicted octanol–water partition coefficient (Wildman–Crippen LogP) is 3.60. The van der Waals surface area contributed by atoms with E-state index in [-0.39, 0.29) is 16.9 Å². The molecule has 4 heteroatoms. The summed E-state index contributed by atoms with van der Waals surface area (Å²) in [5, 5.41) is 11.9. The molecule has 0 aliphatic heterocycles. The van der Waals surface area contributed by atoms with Crippen molar-refractivity contribution in [2.45, 2.75) is 46.0 Å². The first-order valence-electron chi connectivity index (χ1n) is 7.08. The molecule has 1 aromatic rings. The molecule has 1 fully saturated rings. The standard InChI is InChI=1S/C16H21NO3/c1-11-10-12(14(18)19)6-7-13(11)17-15(20)16(2)8-4-3-5-9-16/h6-7,10H,3-5,8-9H2,1-2H3,(H,17,20)(H,18,19). The fourth-order valence-electron chi connectivity index (χ4n) is 2.77. The number of aromatic carboxylic acids is 1. The molecule has 0 spiro atoms. The fraction of sp³-hybridized carbons (Fsp3) is 0.500. The van der Waals surface area contributed by atoms with Gasteiger partial charge in [0.25, 0.3) is 0 Å². The van der Waals surface area contributed by atoms with Crippen molar-refractivity contribution in [3.8, 4) is 0 Å². The largest absolute Gasteiger partial charge is 0.478 e. The van der Waals surface area contributed by atoms with Gasteiger partial charge in [-0.3, -0.25) is 4.79 Å². The normalized spacial score (nSPS) is 17.5. The third-order valence-electron chi connectivity index (χ3n) is 4.23. The van der Waals surface area contributed by atoms with E-state index in [1.165, 1.54) is 12.5 Å². The number of carbonyl (C=O) groups is 2. The summed E-state index contributed by atoms with van der Waals surface area (Å²) >= 11 is 0. The van der Waals surface area contributed by atoms with E-state index >= 15 is 0 Å². The molecule has 1 aliphatic carbocycles. The van der Waals surface area contributed by atoms with Crippen molar-refractivity contribution in [3.05, 3.63) is 29.3 Å². The van der Waals surface area contributed by atoms with E-state index in [4.69, 9.17) is 5.11 Å². The Labute approximate surface area is 119 Å². The van der Waals surface area contributed by atoms with Gasteiger partial charge in [0.15, 0.2) is 0 Å². The van der Waals surface area contributed by atoms with Crippen LogP contribution in [0.3, 0.4) is 0 Å². The van der Waals surface area contributed by atoms with Gasteiger partial charge in [0.2, 0.25) is 5.91 Å². The number of benzene rings is 1. The SMILES string of the molecule is Cc1cc(C(=O)O)ccc1NC(=O)C1(C)CCCCC1. The van der Waals surface area contributed by atoms with Crippen LogP contribution in [0, 0.1) is 12.3 Å². The lowest BCUT2D eigenvalue weighted by molar-refractivity contribution is -0.126. The minimum Gasteiger partial charge on any atom is -0.478 e. The van der Waals surface area contributed by atoms with Crippen LogP contribution in [0.1, 0.15) is 54.9 Å². The van der Waals surface area contributed by atoms with Crippen LogP contribution in [0.4, 0.5) is 5.69 Å². The maximum atomic E-state index is 12.4. The first-order chi connectivity index (χ1) is 9.42. The van der Waals surface area contributed by atoms with E-state index < -0.39 is 5.97 Å². The summed E-state index contributed by atoms with van der Waals surface area (Å²) in [5.41, 5.74) is 1.42. The smallest absolute Gasteiger partial charge is 0.335 e. The van der Waals surface area contributed by atoms with Gasteiger partial charge in [-0.2, -0.15) is 0 Å². The molecule has 0 saturated heterocycles. The number of carboxylic acids is 1. The second kappa shape index (κ2) is 5.65. The number of rotatable bonds is 3. The Morgan fingerprint density at radius 1 is 1.20 bits per heavy atom. The minimum atomic E-state index is -0.954. The first kappa shape index (κ1) is 14.6. The molecule has 0 aromatic heterocycles. The third kappa shape index (κ3) is 3.00. The van der Waals surface area contributed by atoms with Crippen LogP contribution in [0.25, 0.3) is 0 Å². The molecule has 0 atom stereocenters. The zero-order valence-corrected chi connectivity index (χ0v) is 12.0. The Morgan fingerprint density at radius 3 is 2.40 bits per heavy atom. The molecule has 1 saturated carbocycles. The van der Waals surface area contributed by atoms with Crippen LogP contribution in [-0.2, 0) is 4.79 Å². The molecule has 4 nitrogen and oxygen atoms in total. The van der Waals surface area contributed by atoms with Gasteiger partial charge in [-0.05, 0) is 43.5 Å². The summed E-state index contributed by atoms with van der Waals surface area (Å²) in [7, 11) is 0. The Kier molecular flexibility index (Phi) is 4.12. The zero-order valence-electron chi connectivity index (χ0n) is 12.0. The molecular formula is C16H21NO3. The maximum Gasteiger partial charge on any atom is 0.335 e. The monoisotopic (exact) mass is 275 g/mol. The molecule has 2 rings (SSSR count). The summed E-state index contributed by atoms with van der Waals surface area (Å²) in [5.74, 6) is -0.909. The Bertz CT molecular complexity index is 531. The van der Waals surface area contributed by atoms with Gasteiger partial charge in [0.1, 0.15) is 0 Å². The van der Waals surface area contributed by atoms with Gasteiger partial charge in [-0.1, -0.05) is 26.2 Å². The van der Waals surface area contributed by atoms with Gasteiger partial charge in [0, 0.05) is 11.1 Å². The maximum absolute atomic E-state index is 12.4. The van der Waals surface area contributed by atoms with E-state index in [0.717, 1.165) is 31.2 Å². The molecule has 0 bridgehead atoms. The quantitative estimate of drug-likeness (QED) is 0.885. The molecule has 20 heavy (non-hydrogen) atoms. The number of carbonyl (C=O) groups excluding carboxylic acids is 1. The molecule has 0 radical (unpaired) electrons. The number of hydrogen-bond acceptors (Lipinski definition) is 2. The molecule has 2 N–H and O–H groups in total. The van der Waals surface area contributed by atoms with Crippen LogP contribution in [0.15, 0.2) is 18.2 Å². The van der Waals surface area contributed by atoms with Gasteiger partial charge in [0.05, 0.1) is 5.56 Å². The topological polar surface area (TPSA) is 66.4 Å². The lowest BCUT2D eigenvalue weighted by Gasteiger charge is -2.32. The average Bonchev–Trinajstić information content (AvgIpc) is 2.41. The van der Waals surface area contributed by atoms with Crippen LogP contribution in [0.5, 0.6) is 0 Å². The van der Waals surface area contributed by atoms with Gasteiger partial charge in [-0.15, -0.1) is 0 Å². The van der Waals surface area contributed by atoms with Gasteiger partial charge >= 0.3 is 5.97 Å². The van der Waals surface area contributed by atoms with Crippen molar-refractivity contribution >= 4 is 17.6 Å². The molecule has 1 amide bonds. The third-order valence-corrected chi connectivity index (χ3v) is 4.23. The number of hydrogen-bond donors (Lipinski definition) is 2. The van der Waals surface area contributed by atoms with Crippen LogP contribution in [-0.4, -0.2) is 17.0 Å². The summed E-state index contributed by atoms with van der Waals surface area (Å²) in [6.07, 6.45) is 5.24. The number of amides is 1. The van der Waals surface area contributed by atoms with E-state index in [1.807, 2.05) is 13.8 Å². The van der Waals surface area contributed by atoms with Gasteiger partial charge < -0.3 is 10.4 Å². The lowest BCUT2D eigenvalue weighted by Crippen LogP contribution is -2.35. The second-order valence-electron chi connectivity index (χ2n) is 5.91. The molecule has 0 unspecified atom stereocenters. The highest BCUT2D eigenvalue weighted by Gasteiger charge is 2.34. The summed E-state index contributed by atoms with van der Waals surface area (Å²) < 4.78 is 0. The molecule has 108 valence electrons. The second-order valence-corrected chi connectivity index (χ2v) is 5.91. The minimum absolute atomic E-state index is 0.0448. The highest BCUT2D eigenvalue weighted by atomic mass is 16.4. The van der Waals surface area contributed by atoms with Crippen molar-refractivity contribution in [3.63, 3.8) is 0 Å².